The second-order valence-electron chi connectivity index (χ2n) is 9.59. The van der Waals surface area contributed by atoms with Crippen LogP contribution in [-0.4, -0.2) is 23.3 Å². The summed E-state index contributed by atoms with van der Waals surface area (Å²) in [6.07, 6.45) is 3.26. The van der Waals surface area contributed by atoms with E-state index in [1.807, 2.05) is 68.4 Å². The van der Waals surface area contributed by atoms with Crippen LogP contribution in [0.15, 0.2) is 77.0 Å². The molecule has 2 aliphatic rings. The Hall–Kier alpha value is -4.39. The summed E-state index contributed by atoms with van der Waals surface area (Å²) in [5, 5.41) is 7.46. The number of rotatable bonds is 5. The van der Waals surface area contributed by atoms with Crippen LogP contribution in [0.1, 0.15) is 47.5 Å². The number of methoxy groups -OCH3 is 1. The van der Waals surface area contributed by atoms with E-state index in [2.05, 4.69) is 22.6 Å². The molecular weight excluding hydrogens is 464 g/mol. The van der Waals surface area contributed by atoms with E-state index in [0.717, 1.165) is 52.9 Å². The van der Waals surface area contributed by atoms with Gasteiger partial charge in [-0.1, -0.05) is 53.2 Å². The van der Waals surface area contributed by atoms with Crippen molar-refractivity contribution in [2.24, 2.45) is 0 Å². The van der Waals surface area contributed by atoms with Crippen molar-refractivity contribution in [2.45, 2.75) is 39.2 Å². The number of allylic oxidation sites excluding steroid dienone is 1. The molecule has 2 heterocycles. The summed E-state index contributed by atoms with van der Waals surface area (Å²) in [6, 6.07) is 21.2. The van der Waals surface area contributed by atoms with Gasteiger partial charge in [0.2, 0.25) is 5.82 Å². The lowest BCUT2D eigenvalue weighted by molar-refractivity contribution is 0.244. The fourth-order valence-electron chi connectivity index (χ4n) is 5.25. The minimum Gasteiger partial charge on any atom is -0.497 e. The van der Waals surface area contributed by atoms with Gasteiger partial charge >= 0.3 is 6.03 Å². The molecule has 186 valence electrons. The Morgan fingerprint density at radius 3 is 2.62 bits per heavy atom. The number of benzene rings is 3. The fraction of sp³-hybridized carbons (Fsp3) is 0.233. The summed E-state index contributed by atoms with van der Waals surface area (Å²) < 4.78 is 11.3. The minimum absolute atomic E-state index is 0.203. The zero-order valence-corrected chi connectivity index (χ0v) is 21.1. The summed E-state index contributed by atoms with van der Waals surface area (Å²) >= 11 is 0. The zero-order valence-electron chi connectivity index (χ0n) is 21.1. The molecule has 1 N–H and O–H groups in total. The molecule has 1 unspecified atom stereocenters. The van der Waals surface area contributed by atoms with Crippen molar-refractivity contribution in [2.75, 3.05) is 12.0 Å². The maximum Gasteiger partial charge on any atom is 0.326 e. The van der Waals surface area contributed by atoms with Gasteiger partial charge in [-0.3, -0.25) is 4.90 Å². The number of hydrogen-bond donors (Lipinski definition) is 1. The lowest BCUT2D eigenvalue weighted by Crippen LogP contribution is -2.46. The predicted molar refractivity (Wildman–Crippen MR) is 142 cm³/mol. The number of fused-ring (bicyclic) bond motifs is 1. The monoisotopic (exact) mass is 492 g/mol. The van der Waals surface area contributed by atoms with Crippen LogP contribution in [0, 0.1) is 6.92 Å². The average molecular weight is 493 g/mol. The fourth-order valence-corrected chi connectivity index (χ4v) is 5.25. The number of urea groups is 1. The van der Waals surface area contributed by atoms with Gasteiger partial charge in [-0.2, -0.15) is 4.98 Å². The van der Waals surface area contributed by atoms with Crippen molar-refractivity contribution in [1.29, 1.82) is 0 Å². The topological polar surface area (TPSA) is 80.5 Å². The first-order valence-corrected chi connectivity index (χ1v) is 12.5. The van der Waals surface area contributed by atoms with Crippen LogP contribution in [0.2, 0.25) is 0 Å². The molecule has 3 aromatic carbocycles. The van der Waals surface area contributed by atoms with Gasteiger partial charge in [0, 0.05) is 11.3 Å². The second-order valence-corrected chi connectivity index (χ2v) is 9.59. The normalized spacial score (nSPS) is 17.1. The Morgan fingerprint density at radius 1 is 1.00 bits per heavy atom. The predicted octanol–water partition coefficient (Wildman–Crippen LogP) is 6.24. The lowest BCUT2D eigenvalue weighted by atomic mass is 9.94. The van der Waals surface area contributed by atoms with Crippen molar-refractivity contribution >= 4 is 17.3 Å². The van der Waals surface area contributed by atoms with Crippen molar-refractivity contribution < 1.29 is 14.1 Å². The summed E-state index contributed by atoms with van der Waals surface area (Å²) in [5.74, 6) is 1.57. The molecule has 0 spiro atoms. The maximum atomic E-state index is 13.6. The standard InChI is InChI=1S/C30H28N4O3/c1-18-10-12-21(13-11-18)28-32-29(37-33-28)26-19(2)34(24-15-14-20-6-4-7-22(20)16-24)30(35)31-27(26)23-8-5-9-25(17-23)36-3/h5,8-17,27H,4,6-7H2,1-3H3,(H,31,35). The zero-order chi connectivity index (χ0) is 25.5. The molecule has 37 heavy (non-hydrogen) atoms. The van der Waals surface area contributed by atoms with E-state index in [1.165, 1.54) is 11.1 Å². The number of nitrogens with one attached hydrogen (secondary N) is 1. The van der Waals surface area contributed by atoms with Crippen LogP contribution in [0.25, 0.3) is 17.0 Å². The average Bonchev–Trinajstić information content (AvgIpc) is 3.58. The van der Waals surface area contributed by atoms with Gasteiger partial charge in [0.1, 0.15) is 5.75 Å². The summed E-state index contributed by atoms with van der Waals surface area (Å²) in [4.78, 5) is 20.0. The third-order valence-corrected chi connectivity index (χ3v) is 7.22. The van der Waals surface area contributed by atoms with Crippen molar-refractivity contribution in [3.8, 4) is 17.1 Å². The van der Waals surface area contributed by atoms with Gasteiger partial charge < -0.3 is 14.6 Å². The maximum absolute atomic E-state index is 13.6. The van der Waals surface area contributed by atoms with Gasteiger partial charge in [0.05, 0.1) is 24.4 Å². The number of carbonyl (C=O) groups is 1. The lowest BCUT2D eigenvalue weighted by Gasteiger charge is -2.35. The highest BCUT2D eigenvalue weighted by Gasteiger charge is 2.37. The molecule has 7 nitrogen and oxygen atoms in total. The van der Waals surface area contributed by atoms with E-state index in [-0.39, 0.29) is 6.03 Å². The highest BCUT2D eigenvalue weighted by molar-refractivity contribution is 6.01. The number of amides is 2. The number of hydrogen-bond acceptors (Lipinski definition) is 5. The third kappa shape index (κ3) is 4.16. The molecule has 1 aliphatic heterocycles. The molecule has 6 rings (SSSR count). The Bertz CT molecular complexity index is 1520. The van der Waals surface area contributed by atoms with Crippen LogP contribution < -0.4 is 15.0 Å². The number of aromatic nitrogens is 2. The number of ether oxygens (including phenoxy) is 1. The number of aryl methyl sites for hydroxylation is 3. The van der Waals surface area contributed by atoms with Gasteiger partial charge in [-0.05, 0) is 74.1 Å². The van der Waals surface area contributed by atoms with Crippen LogP contribution in [0.5, 0.6) is 5.75 Å². The van der Waals surface area contributed by atoms with Crippen LogP contribution in [0.4, 0.5) is 10.5 Å². The van der Waals surface area contributed by atoms with E-state index in [0.29, 0.717) is 17.5 Å². The van der Waals surface area contributed by atoms with E-state index in [9.17, 15) is 4.79 Å². The highest BCUT2D eigenvalue weighted by atomic mass is 16.5. The second kappa shape index (κ2) is 9.24. The first kappa shape index (κ1) is 23.0. The van der Waals surface area contributed by atoms with Crippen LogP contribution in [-0.2, 0) is 12.8 Å². The van der Waals surface area contributed by atoms with Gasteiger partial charge in [-0.15, -0.1) is 0 Å². The molecule has 1 aromatic heterocycles. The van der Waals surface area contributed by atoms with Crippen molar-refractivity contribution in [3.63, 3.8) is 0 Å². The SMILES string of the molecule is COc1cccc(C2NC(=O)N(c3ccc4c(c3)CCC4)C(C)=C2c2nc(-c3ccc(C)cc3)no2)c1. The van der Waals surface area contributed by atoms with Crippen molar-refractivity contribution in [1.82, 2.24) is 15.5 Å². The molecule has 1 aliphatic carbocycles. The summed E-state index contributed by atoms with van der Waals surface area (Å²) in [5.41, 5.74) is 7.87. The minimum atomic E-state index is -0.486. The van der Waals surface area contributed by atoms with E-state index in [4.69, 9.17) is 14.2 Å². The molecule has 4 aromatic rings. The van der Waals surface area contributed by atoms with E-state index < -0.39 is 6.04 Å². The molecule has 1 atom stereocenters. The molecule has 0 bridgehead atoms. The molecule has 2 amide bonds. The van der Waals surface area contributed by atoms with Gasteiger partial charge in [0.25, 0.3) is 5.89 Å². The molecule has 0 saturated carbocycles. The summed E-state index contributed by atoms with van der Waals surface area (Å²) in [7, 11) is 1.63. The Kier molecular flexibility index (Phi) is 5.75. The molecule has 0 radical (unpaired) electrons. The first-order valence-electron chi connectivity index (χ1n) is 12.5. The molecule has 7 heteroatoms. The Balaban J connectivity index is 1.49. The highest BCUT2D eigenvalue weighted by Crippen LogP contribution is 2.40. The smallest absolute Gasteiger partial charge is 0.326 e. The quantitative estimate of drug-likeness (QED) is 0.356. The van der Waals surface area contributed by atoms with Crippen LogP contribution >= 0.6 is 0 Å². The Morgan fingerprint density at radius 2 is 1.81 bits per heavy atom. The number of nitrogens with zero attached hydrogens (tertiary/aromatic N) is 3. The van der Waals surface area contributed by atoms with E-state index >= 15 is 0 Å². The van der Waals surface area contributed by atoms with E-state index in [1.54, 1.807) is 12.0 Å². The molecule has 0 saturated heterocycles. The summed E-state index contributed by atoms with van der Waals surface area (Å²) in [6.45, 7) is 3.97. The van der Waals surface area contributed by atoms with Gasteiger partial charge in [-0.25, -0.2) is 4.79 Å². The van der Waals surface area contributed by atoms with Gasteiger partial charge in [0.15, 0.2) is 0 Å². The first-order chi connectivity index (χ1) is 18.0. The largest absolute Gasteiger partial charge is 0.497 e. The number of carbonyl (C=O) groups excluding carboxylic acids is 1. The van der Waals surface area contributed by atoms with Crippen LogP contribution in [0.3, 0.4) is 0 Å². The third-order valence-electron chi connectivity index (χ3n) is 7.22. The van der Waals surface area contributed by atoms with Crippen molar-refractivity contribution in [3.05, 3.63) is 101 Å². The molecular formula is C30H28N4O3. The number of anilines is 1. The Labute approximate surface area is 215 Å². The molecule has 0 fully saturated rings.